The van der Waals surface area contributed by atoms with Crippen LogP contribution >= 0.6 is 0 Å². The third-order valence-corrected chi connectivity index (χ3v) is 2.52. The van der Waals surface area contributed by atoms with Crippen LogP contribution in [-0.4, -0.2) is 27.9 Å². The van der Waals surface area contributed by atoms with Crippen LogP contribution in [0.4, 0.5) is 0 Å². The maximum atomic E-state index is 11.5. The molecule has 1 rings (SSSR count). The van der Waals surface area contributed by atoms with E-state index in [1.54, 1.807) is 0 Å². The molecule has 6 nitrogen and oxygen atoms in total. The van der Waals surface area contributed by atoms with Gasteiger partial charge >= 0.3 is 5.69 Å². The van der Waals surface area contributed by atoms with Crippen molar-refractivity contribution in [2.24, 2.45) is 5.92 Å². The van der Waals surface area contributed by atoms with Gasteiger partial charge in [-0.3, -0.25) is 14.3 Å². The quantitative estimate of drug-likeness (QED) is 0.730. The molecule has 0 saturated heterocycles. The highest BCUT2D eigenvalue weighted by Crippen LogP contribution is 2.08. The molecule has 1 heterocycles. The van der Waals surface area contributed by atoms with Crippen molar-refractivity contribution in [3.8, 4) is 5.88 Å². The molecule has 0 saturated carbocycles. The number of H-pyrrole nitrogens is 1. The van der Waals surface area contributed by atoms with Gasteiger partial charge in [0.1, 0.15) is 0 Å². The zero-order valence-corrected chi connectivity index (χ0v) is 11.0. The number of nitrogens with zero attached hydrogens (tertiary/aromatic N) is 1. The van der Waals surface area contributed by atoms with Gasteiger partial charge in [-0.05, 0) is 19.3 Å². The lowest BCUT2D eigenvalue weighted by Gasteiger charge is -2.10. The number of aromatic nitrogens is 2. The topological polar surface area (TPSA) is 84.3 Å². The molecule has 6 heteroatoms. The molecule has 0 bridgehead atoms. The Morgan fingerprint density at radius 3 is 2.67 bits per heavy atom. The van der Waals surface area contributed by atoms with E-state index in [2.05, 4.69) is 18.8 Å². The van der Waals surface area contributed by atoms with Gasteiger partial charge in [-0.15, -0.1) is 0 Å². The van der Waals surface area contributed by atoms with Gasteiger partial charge in [0.2, 0.25) is 5.88 Å². The summed E-state index contributed by atoms with van der Waals surface area (Å²) in [4.78, 5) is 24.9. The molecule has 0 spiro atoms. The number of ether oxygens (including phenoxy) is 1. The molecule has 0 radical (unpaired) electrons. The van der Waals surface area contributed by atoms with E-state index in [1.807, 2.05) is 0 Å². The van der Waals surface area contributed by atoms with Gasteiger partial charge in [0, 0.05) is 19.8 Å². The van der Waals surface area contributed by atoms with Crippen LogP contribution in [0.1, 0.15) is 25.8 Å². The molecule has 102 valence electrons. The van der Waals surface area contributed by atoms with Crippen LogP contribution in [0.15, 0.2) is 9.59 Å². The molecule has 0 aliphatic heterocycles. The minimum absolute atomic E-state index is 0.151. The normalized spacial score (nSPS) is 11.1. The summed E-state index contributed by atoms with van der Waals surface area (Å²) < 4.78 is 6.53. The predicted octanol–water partition coefficient (Wildman–Crippen LogP) is 0.613. The molecule has 18 heavy (non-hydrogen) atoms. The highest BCUT2D eigenvalue weighted by atomic mass is 16.5. The molecule has 0 unspecified atom stereocenters. The van der Waals surface area contributed by atoms with Gasteiger partial charge < -0.3 is 9.84 Å². The zero-order chi connectivity index (χ0) is 13.7. The first-order chi connectivity index (χ1) is 8.43. The first-order valence-corrected chi connectivity index (χ1v) is 6.04. The van der Waals surface area contributed by atoms with Crippen molar-refractivity contribution in [3.05, 3.63) is 26.4 Å². The second-order valence-electron chi connectivity index (χ2n) is 4.68. The summed E-state index contributed by atoms with van der Waals surface area (Å²) in [6.07, 6.45) is 0.603. The zero-order valence-electron chi connectivity index (χ0n) is 11.0. The Morgan fingerprint density at radius 1 is 1.39 bits per heavy atom. The number of nitrogens with one attached hydrogen (secondary N) is 1. The first kappa shape index (κ1) is 14.5. The largest absolute Gasteiger partial charge is 0.494 e. The van der Waals surface area contributed by atoms with Crippen molar-refractivity contribution in [1.82, 2.24) is 9.55 Å². The van der Waals surface area contributed by atoms with Crippen molar-refractivity contribution in [2.75, 3.05) is 13.2 Å². The lowest BCUT2D eigenvalue weighted by Crippen LogP contribution is -2.31. The maximum Gasteiger partial charge on any atom is 0.331 e. The Labute approximate surface area is 105 Å². The molecule has 0 amide bonds. The number of rotatable bonds is 6. The summed E-state index contributed by atoms with van der Waals surface area (Å²) in [5, 5.41) is 9.71. The van der Waals surface area contributed by atoms with E-state index in [1.165, 1.54) is 6.92 Å². The van der Waals surface area contributed by atoms with Gasteiger partial charge in [0.15, 0.2) is 0 Å². The van der Waals surface area contributed by atoms with Crippen molar-refractivity contribution in [2.45, 2.75) is 33.7 Å². The molecular formula is C12H20N2O4. The van der Waals surface area contributed by atoms with E-state index < -0.39 is 11.2 Å². The molecule has 0 aliphatic rings. The Balaban J connectivity index is 2.61. The lowest BCUT2D eigenvalue weighted by atomic mass is 10.2. The van der Waals surface area contributed by atoms with Crippen LogP contribution in [0.25, 0.3) is 0 Å². The third-order valence-electron chi connectivity index (χ3n) is 2.52. The minimum Gasteiger partial charge on any atom is -0.494 e. The van der Waals surface area contributed by atoms with E-state index in [9.17, 15) is 14.7 Å². The van der Waals surface area contributed by atoms with E-state index in [-0.39, 0.29) is 11.4 Å². The highest BCUT2D eigenvalue weighted by molar-refractivity contribution is 5.20. The Hall–Kier alpha value is -1.56. The average molecular weight is 256 g/mol. The van der Waals surface area contributed by atoms with Gasteiger partial charge in [0.25, 0.3) is 5.56 Å². The molecule has 1 aromatic heterocycles. The fraction of sp³-hybridized carbons (Fsp3) is 0.667. The minimum atomic E-state index is -0.591. The van der Waals surface area contributed by atoms with Gasteiger partial charge in [-0.2, -0.15) is 0 Å². The Kier molecular flexibility index (Phi) is 5.15. The van der Waals surface area contributed by atoms with Crippen LogP contribution in [0.5, 0.6) is 5.88 Å². The van der Waals surface area contributed by atoms with E-state index in [4.69, 9.17) is 4.74 Å². The fourth-order valence-corrected chi connectivity index (χ4v) is 1.51. The molecule has 2 N–H and O–H groups in total. The summed E-state index contributed by atoms with van der Waals surface area (Å²) >= 11 is 0. The summed E-state index contributed by atoms with van der Waals surface area (Å²) in [5.41, 5.74) is -0.991. The molecule has 0 aliphatic carbocycles. The number of hydrogen-bond donors (Lipinski definition) is 2. The maximum absolute atomic E-state index is 11.5. The lowest BCUT2D eigenvalue weighted by molar-refractivity contribution is 0.104. The van der Waals surface area contributed by atoms with Gasteiger partial charge in [0.05, 0.1) is 5.56 Å². The Bertz CT molecular complexity index is 502. The average Bonchev–Trinajstić information content (AvgIpc) is 2.29. The second-order valence-corrected chi connectivity index (χ2v) is 4.68. The fourth-order valence-electron chi connectivity index (χ4n) is 1.51. The van der Waals surface area contributed by atoms with Crippen LogP contribution < -0.4 is 11.2 Å². The summed E-state index contributed by atoms with van der Waals surface area (Å²) in [7, 11) is 0. The summed E-state index contributed by atoms with van der Waals surface area (Å²) in [6, 6.07) is 0. The van der Waals surface area contributed by atoms with Crippen LogP contribution in [0, 0.1) is 12.8 Å². The number of aromatic amines is 1. The SMILES string of the molecule is Cc1c(O)n(CCCOCC(C)C)c(=O)[nH]c1=O. The molecule has 1 aromatic rings. The third kappa shape index (κ3) is 3.73. The van der Waals surface area contributed by atoms with Crippen molar-refractivity contribution < 1.29 is 9.84 Å². The van der Waals surface area contributed by atoms with E-state index in [0.29, 0.717) is 32.1 Å². The van der Waals surface area contributed by atoms with Crippen LogP contribution in [-0.2, 0) is 11.3 Å². The first-order valence-electron chi connectivity index (χ1n) is 6.04. The second kappa shape index (κ2) is 6.39. The highest BCUT2D eigenvalue weighted by Gasteiger charge is 2.09. The number of aromatic hydroxyl groups is 1. The van der Waals surface area contributed by atoms with Crippen LogP contribution in [0.3, 0.4) is 0 Å². The molecule has 0 fully saturated rings. The van der Waals surface area contributed by atoms with Crippen molar-refractivity contribution in [3.63, 3.8) is 0 Å². The van der Waals surface area contributed by atoms with E-state index in [0.717, 1.165) is 4.57 Å². The van der Waals surface area contributed by atoms with Crippen molar-refractivity contribution >= 4 is 0 Å². The molecule has 0 atom stereocenters. The number of hydrogen-bond acceptors (Lipinski definition) is 4. The van der Waals surface area contributed by atoms with Gasteiger partial charge in [-0.1, -0.05) is 13.8 Å². The monoisotopic (exact) mass is 256 g/mol. The van der Waals surface area contributed by atoms with E-state index >= 15 is 0 Å². The summed E-state index contributed by atoms with van der Waals surface area (Å²) in [6.45, 7) is 7.09. The Morgan fingerprint density at radius 2 is 2.06 bits per heavy atom. The standard InChI is InChI=1S/C12H20N2O4/c1-8(2)7-18-6-4-5-14-11(16)9(3)10(15)13-12(14)17/h8,16H,4-7H2,1-3H3,(H,13,15,17). The predicted molar refractivity (Wildman–Crippen MR) is 68.0 cm³/mol. The smallest absolute Gasteiger partial charge is 0.331 e. The molecule has 0 aromatic carbocycles. The molecular weight excluding hydrogens is 236 g/mol. The van der Waals surface area contributed by atoms with Gasteiger partial charge in [-0.25, -0.2) is 4.79 Å². The summed E-state index contributed by atoms with van der Waals surface area (Å²) in [5.74, 6) is 0.198. The van der Waals surface area contributed by atoms with Crippen LogP contribution in [0.2, 0.25) is 0 Å². The van der Waals surface area contributed by atoms with Crippen molar-refractivity contribution in [1.29, 1.82) is 0 Å².